The zero-order valence-electron chi connectivity index (χ0n) is 16.5. The van der Waals surface area contributed by atoms with Crippen molar-refractivity contribution in [2.24, 2.45) is 0 Å². The number of hydrogen-bond acceptors (Lipinski definition) is 4. The van der Waals surface area contributed by atoms with Crippen LogP contribution in [0.5, 0.6) is 0 Å². The second kappa shape index (κ2) is 8.41. The maximum Gasteiger partial charge on any atom is 0.430 e. The molecule has 0 N–H and O–H groups in total. The van der Waals surface area contributed by atoms with Crippen LogP contribution in [-0.4, -0.2) is 63.3 Å². The van der Waals surface area contributed by atoms with Gasteiger partial charge in [-0.15, -0.1) is 0 Å². The second-order valence-electron chi connectivity index (χ2n) is 7.46. The minimum absolute atomic E-state index is 0.159. The SMILES string of the molecule is FC(F)(F)C(OCC1CO1)(c1ccc(C(OCC2CO2)(C(F)(F)F)C(F)(F)F)cc1)C(F)(F)F. The van der Waals surface area contributed by atoms with E-state index in [1.54, 1.807) is 0 Å². The van der Waals surface area contributed by atoms with E-state index < -0.39 is 72.5 Å². The molecule has 1 aromatic rings. The number of rotatable bonds is 8. The van der Waals surface area contributed by atoms with Crippen molar-refractivity contribution in [1.29, 1.82) is 0 Å². The highest BCUT2D eigenvalue weighted by Gasteiger charge is 2.75. The van der Waals surface area contributed by atoms with Crippen molar-refractivity contribution in [2.45, 2.75) is 48.1 Å². The summed E-state index contributed by atoms with van der Waals surface area (Å²) in [7, 11) is 0. The van der Waals surface area contributed by atoms with Gasteiger partial charge in [-0.05, 0) is 0 Å². The van der Waals surface area contributed by atoms with Crippen molar-refractivity contribution in [3.05, 3.63) is 35.4 Å². The third-order valence-electron chi connectivity index (χ3n) is 5.07. The van der Waals surface area contributed by atoms with Gasteiger partial charge in [0.05, 0.1) is 26.4 Å². The normalized spacial score (nSPS) is 22.1. The maximum atomic E-state index is 13.7. The molecule has 2 fully saturated rings. The van der Waals surface area contributed by atoms with Gasteiger partial charge in [0.1, 0.15) is 12.2 Å². The Bertz CT molecular complexity index is 749. The summed E-state index contributed by atoms with van der Waals surface area (Å²) in [5.74, 6) is 0. The molecule has 0 amide bonds. The van der Waals surface area contributed by atoms with Gasteiger partial charge in [0.15, 0.2) is 0 Å². The Morgan fingerprint density at radius 2 is 0.794 bits per heavy atom. The van der Waals surface area contributed by atoms with E-state index in [9.17, 15) is 52.7 Å². The van der Waals surface area contributed by atoms with Crippen molar-refractivity contribution in [3.63, 3.8) is 0 Å². The van der Waals surface area contributed by atoms with E-state index in [2.05, 4.69) is 18.9 Å². The highest BCUT2D eigenvalue weighted by molar-refractivity contribution is 5.35. The molecule has 0 aromatic heterocycles. The van der Waals surface area contributed by atoms with Crippen LogP contribution in [0.4, 0.5) is 52.7 Å². The number of hydrogen-bond donors (Lipinski definition) is 0. The van der Waals surface area contributed by atoms with Gasteiger partial charge in [0.25, 0.3) is 11.2 Å². The van der Waals surface area contributed by atoms with Crippen LogP contribution in [0.25, 0.3) is 0 Å². The van der Waals surface area contributed by atoms with Crippen molar-refractivity contribution < 1.29 is 71.6 Å². The topological polar surface area (TPSA) is 43.5 Å². The Labute approximate surface area is 182 Å². The first-order valence-electron chi connectivity index (χ1n) is 9.26. The van der Waals surface area contributed by atoms with Gasteiger partial charge in [0.2, 0.25) is 0 Å². The zero-order valence-corrected chi connectivity index (χ0v) is 16.5. The summed E-state index contributed by atoms with van der Waals surface area (Å²) in [4.78, 5) is 0. The molecule has 2 aliphatic rings. The summed E-state index contributed by atoms with van der Waals surface area (Å²) in [5.41, 5.74) is -13.6. The Morgan fingerprint density at radius 1 is 0.559 bits per heavy atom. The lowest BCUT2D eigenvalue weighted by atomic mass is 9.86. The van der Waals surface area contributed by atoms with Crippen LogP contribution in [-0.2, 0) is 30.1 Å². The van der Waals surface area contributed by atoms with Crippen LogP contribution in [0.2, 0.25) is 0 Å². The summed E-state index contributed by atoms with van der Waals surface area (Å²) in [5, 5.41) is 0. The van der Waals surface area contributed by atoms with E-state index in [0.29, 0.717) is 0 Å². The quantitative estimate of drug-likeness (QED) is 0.350. The predicted octanol–water partition coefficient (Wildman–Crippen LogP) is 5.16. The van der Waals surface area contributed by atoms with Crippen molar-refractivity contribution in [3.8, 4) is 0 Å². The Morgan fingerprint density at radius 3 is 0.971 bits per heavy atom. The van der Waals surface area contributed by atoms with Crippen LogP contribution >= 0.6 is 0 Å². The van der Waals surface area contributed by atoms with Crippen molar-refractivity contribution >= 4 is 0 Å². The number of ether oxygens (including phenoxy) is 4. The molecule has 0 bridgehead atoms. The monoisotopic (exact) mass is 522 g/mol. The van der Waals surface area contributed by atoms with Crippen LogP contribution in [0, 0.1) is 0 Å². The summed E-state index contributed by atoms with van der Waals surface area (Å²) in [6.07, 6.45) is -26.9. The van der Waals surface area contributed by atoms with Crippen LogP contribution < -0.4 is 0 Å². The molecule has 0 saturated carbocycles. The highest BCUT2D eigenvalue weighted by Crippen LogP contribution is 2.56. The standard InChI is InChI=1S/C18H14F12O4/c19-15(20,21)13(16(22,23)24,33-7-11-5-31-11)9-1-2-10(4-3-9)14(17(25,26)27,18(28,29)30)34-8-12-6-32-12/h1-4,11-12H,5-8H2. The van der Waals surface area contributed by atoms with Gasteiger partial charge in [-0.2, -0.15) is 52.7 Å². The van der Waals surface area contributed by atoms with Crippen molar-refractivity contribution in [1.82, 2.24) is 0 Å². The van der Waals surface area contributed by atoms with Gasteiger partial charge < -0.3 is 18.9 Å². The largest absolute Gasteiger partial charge is 0.430 e. The average Bonchev–Trinajstić information content (AvgIpc) is 3.54. The lowest BCUT2D eigenvalue weighted by Crippen LogP contribution is -2.57. The number of alkyl halides is 12. The summed E-state index contributed by atoms with van der Waals surface area (Å²) in [6.45, 7) is -2.74. The molecule has 3 rings (SSSR count). The summed E-state index contributed by atoms with van der Waals surface area (Å²) < 4.78 is 181. The van der Waals surface area contributed by atoms with Crippen LogP contribution in [0.3, 0.4) is 0 Å². The minimum Gasteiger partial charge on any atom is -0.371 e. The predicted molar refractivity (Wildman–Crippen MR) is 85.4 cm³/mol. The molecule has 0 radical (unpaired) electrons. The Hall–Kier alpha value is -1.78. The maximum absolute atomic E-state index is 13.7. The molecule has 2 aliphatic heterocycles. The molecule has 194 valence electrons. The van der Waals surface area contributed by atoms with E-state index in [4.69, 9.17) is 0 Å². The molecule has 0 aliphatic carbocycles. The molecule has 2 heterocycles. The lowest BCUT2D eigenvalue weighted by Gasteiger charge is -2.39. The van der Waals surface area contributed by atoms with Crippen LogP contribution in [0.15, 0.2) is 24.3 Å². The Balaban J connectivity index is 2.11. The number of halogens is 12. The van der Waals surface area contributed by atoms with E-state index in [0.717, 1.165) is 0 Å². The third-order valence-corrected chi connectivity index (χ3v) is 5.07. The summed E-state index contributed by atoms with van der Waals surface area (Å²) >= 11 is 0. The molecular formula is C18H14F12O4. The highest BCUT2D eigenvalue weighted by atomic mass is 19.4. The Kier molecular flexibility index (Phi) is 6.63. The third kappa shape index (κ3) is 4.68. The fourth-order valence-electron chi connectivity index (χ4n) is 3.17. The van der Waals surface area contributed by atoms with E-state index >= 15 is 0 Å². The lowest BCUT2D eigenvalue weighted by molar-refractivity contribution is -0.391. The number of benzene rings is 1. The fraction of sp³-hybridized carbons (Fsp3) is 0.667. The van der Waals surface area contributed by atoms with Gasteiger partial charge in [-0.3, -0.25) is 0 Å². The molecule has 2 atom stereocenters. The average molecular weight is 522 g/mol. The van der Waals surface area contributed by atoms with E-state index in [-0.39, 0.29) is 37.5 Å². The van der Waals surface area contributed by atoms with Crippen molar-refractivity contribution in [2.75, 3.05) is 26.4 Å². The fourth-order valence-corrected chi connectivity index (χ4v) is 3.17. The van der Waals surface area contributed by atoms with Gasteiger partial charge in [0, 0.05) is 11.1 Å². The molecule has 4 nitrogen and oxygen atoms in total. The van der Waals surface area contributed by atoms with Gasteiger partial charge in [-0.25, -0.2) is 0 Å². The van der Waals surface area contributed by atoms with E-state index in [1.165, 1.54) is 0 Å². The first-order valence-corrected chi connectivity index (χ1v) is 9.26. The van der Waals surface area contributed by atoms with Gasteiger partial charge >= 0.3 is 24.7 Å². The molecule has 0 spiro atoms. The first-order chi connectivity index (χ1) is 15.4. The summed E-state index contributed by atoms with van der Waals surface area (Å²) in [6, 6.07) is -0.638. The zero-order chi connectivity index (χ0) is 25.8. The molecular weight excluding hydrogens is 508 g/mol. The molecule has 34 heavy (non-hydrogen) atoms. The van der Waals surface area contributed by atoms with E-state index in [1.807, 2.05) is 0 Å². The second-order valence-corrected chi connectivity index (χ2v) is 7.46. The smallest absolute Gasteiger partial charge is 0.371 e. The van der Waals surface area contributed by atoms with Gasteiger partial charge in [-0.1, -0.05) is 24.3 Å². The minimum atomic E-state index is -6.19. The molecule has 2 unspecified atom stereocenters. The van der Waals surface area contributed by atoms with Crippen LogP contribution in [0.1, 0.15) is 11.1 Å². The number of epoxide rings is 2. The molecule has 2 saturated heterocycles. The molecule has 1 aromatic carbocycles. The molecule has 16 heteroatoms. The first kappa shape index (κ1) is 26.8.